The van der Waals surface area contributed by atoms with Crippen molar-refractivity contribution in [3.8, 4) is 11.5 Å². The number of carbonyl (C=O) groups excluding carboxylic acids is 2. The van der Waals surface area contributed by atoms with Gasteiger partial charge in [0, 0.05) is 17.2 Å². The molecule has 4 rings (SSSR count). The minimum Gasteiger partial charge on any atom is -0.472 e. The van der Waals surface area contributed by atoms with Crippen LogP contribution in [-0.2, 0) is 4.79 Å². The Kier molecular flexibility index (Phi) is 5.39. The van der Waals surface area contributed by atoms with E-state index in [2.05, 4.69) is 20.4 Å². The molecule has 3 aromatic rings. The molecule has 0 atom stereocenters. The molecule has 0 aliphatic carbocycles. The third-order valence-corrected chi connectivity index (χ3v) is 4.97. The van der Waals surface area contributed by atoms with E-state index < -0.39 is 5.91 Å². The molecule has 1 aliphatic heterocycles. The predicted octanol–water partition coefficient (Wildman–Crippen LogP) is 2.25. The number of anilines is 1. The molecule has 2 amide bonds. The molecule has 0 bridgehead atoms. The lowest BCUT2D eigenvalue weighted by Gasteiger charge is -2.29. The lowest BCUT2D eigenvalue weighted by molar-refractivity contribution is -0.117. The van der Waals surface area contributed by atoms with Crippen molar-refractivity contribution in [1.82, 2.24) is 15.1 Å². The van der Waals surface area contributed by atoms with Crippen LogP contribution in [0.4, 0.5) is 5.69 Å². The Morgan fingerprint density at radius 3 is 2.55 bits per heavy atom. The molecule has 0 unspecified atom stereocenters. The molecule has 29 heavy (non-hydrogen) atoms. The van der Waals surface area contributed by atoms with E-state index in [1.807, 2.05) is 0 Å². The Bertz CT molecular complexity index is 973. The summed E-state index contributed by atoms with van der Waals surface area (Å²) in [7, 11) is 0. The number of hydrogen-bond donors (Lipinski definition) is 2. The lowest BCUT2D eigenvalue weighted by atomic mass is 9.97. The maximum Gasteiger partial charge on any atom is 0.250 e. The van der Waals surface area contributed by atoms with Gasteiger partial charge in [0.05, 0.1) is 18.4 Å². The van der Waals surface area contributed by atoms with E-state index in [9.17, 15) is 9.59 Å². The summed E-state index contributed by atoms with van der Waals surface area (Å²) in [5.41, 5.74) is 7.02. The first-order chi connectivity index (χ1) is 14.1. The second-order valence-electron chi connectivity index (χ2n) is 7.00. The van der Waals surface area contributed by atoms with Crippen LogP contribution in [0.1, 0.15) is 35.0 Å². The van der Waals surface area contributed by atoms with Crippen molar-refractivity contribution in [3.63, 3.8) is 0 Å². The molecule has 1 aliphatic rings. The maximum atomic E-state index is 12.3. The quantitative estimate of drug-likeness (QED) is 0.655. The zero-order chi connectivity index (χ0) is 20.2. The number of aromatic nitrogens is 2. The van der Waals surface area contributed by atoms with Gasteiger partial charge in [-0.3, -0.25) is 14.5 Å². The zero-order valence-electron chi connectivity index (χ0n) is 15.7. The topological polar surface area (TPSA) is 127 Å². The summed E-state index contributed by atoms with van der Waals surface area (Å²) >= 11 is 0. The second-order valence-corrected chi connectivity index (χ2v) is 7.00. The monoisotopic (exact) mass is 395 g/mol. The zero-order valence-corrected chi connectivity index (χ0v) is 15.7. The number of hydrogen-bond acceptors (Lipinski definition) is 7. The van der Waals surface area contributed by atoms with E-state index in [1.54, 1.807) is 42.9 Å². The van der Waals surface area contributed by atoms with Crippen molar-refractivity contribution in [1.29, 1.82) is 0 Å². The summed E-state index contributed by atoms with van der Waals surface area (Å²) in [6, 6.07) is 8.28. The van der Waals surface area contributed by atoms with Crippen molar-refractivity contribution >= 4 is 17.5 Å². The average Bonchev–Trinajstić information content (AvgIpc) is 3.41. The van der Waals surface area contributed by atoms with Crippen molar-refractivity contribution in [2.45, 2.75) is 18.8 Å². The minimum atomic E-state index is -0.496. The second kappa shape index (κ2) is 8.27. The Morgan fingerprint density at radius 1 is 1.14 bits per heavy atom. The van der Waals surface area contributed by atoms with Gasteiger partial charge in [-0.05, 0) is 56.3 Å². The molecule has 9 heteroatoms. The van der Waals surface area contributed by atoms with Gasteiger partial charge in [0.25, 0.3) is 5.89 Å². The van der Waals surface area contributed by atoms with Gasteiger partial charge in [0.15, 0.2) is 0 Å². The third-order valence-electron chi connectivity index (χ3n) is 4.97. The van der Waals surface area contributed by atoms with Gasteiger partial charge in [-0.1, -0.05) is 0 Å². The molecule has 3 N–H and O–H groups in total. The van der Waals surface area contributed by atoms with Crippen molar-refractivity contribution < 1.29 is 18.4 Å². The smallest absolute Gasteiger partial charge is 0.250 e. The highest BCUT2D eigenvalue weighted by molar-refractivity contribution is 5.95. The average molecular weight is 395 g/mol. The lowest BCUT2D eigenvalue weighted by Crippen LogP contribution is -2.38. The van der Waals surface area contributed by atoms with Crippen LogP contribution >= 0.6 is 0 Å². The number of amides is 2. The van der Waals surface area contributed by atoms with E-state index in [-0.39, 0.29) is 11.8 Å². The van der Waals surface area contributed by atoms with Gasteiger partial charge >= 0.3 is 0 Å². The van der Waals surface area contributed by atoms with Gasteiger partial charge < -0.3 is 19.9 Å². The first kappa shape index (κ1) is 18.9. The number of nitrogens with two attached hydrogens (primary N) is 1. The number of carbonyl (C=O) groups is 2. The number of nitrogens with one attached hydrogen (secondary N) is 1. The summed E-state index contributed by atoms with van der Waals surface area (Å²) in [5, 5.41) is 11.1. The summed E-state index contributed by atoms with van der Waals surface area (Å²) in [4.78, 5) is 25.5. The Labute approximate surface area is 166 Å². The van der Waals surface area contributed by atoms with Crippen LogP contribution in [0.3, 0.4) is 0 Å². The van der Waals surface area contributed by atoms with Crippen LogP contribution in [0.5, 0.6) is 0 Å². The molecule has 1 saturated heterocycles. The summed E-state index contributed by atoms with van der Waals surface area (Å²) in [5.74, 6) is 0.667. The third kappa shape index (κ3) is 4.52. The molecule has 0 spiro atoms. The number of primary amides is 1. The molecular formula is C20H21N5O4. The SMILES string of the molecule is NC(=O)c1ccc(NC(=O)CN2CCC(c3nnc(-c4ccoc4)o3)CC2)cc1. The fraction of sp³-hybridized carbons (Fsp3) is 0.300. The largest absolute Gasteiger partial charge is 0.472 e. The summed E-state index contributed by atoms with van der Waals surface area (Å²) in [6.45, 7) is 1.83. The van der Waals surface area contributed by atoms with Crippen LogP contribution in [0, 0.1) is 0 Å². The molecule has 0 radical (unpaired) electrons. The first-order valence-corrected chi connectivity index (χ1v) is 9.36. The Morgan fingerprint density at radius 2 is 1.90 bits per heavy atom. The van der Waals surface area contributed by atoms with E-state index >= 15 is 0 Å². The van der Waals surface area contributed by atoms with Crippen LogP contribution < -0.4 is 11.1 Å². The number of rotatable bonds is 6. The highest BCUT2D eigenvalue weighted by Gasteiger charge is 2.26. The number of likely N-dealkylation sites (tertiary alicyclic amines) is 1. The summed E-state index contributed by atoms with van der Waals surface area (Å²) in [6.07, 6.45) is 4.82. The minimum absolute atomic E-state index is 0.102. The number of nitrogens with zero attached hydrogens (tertiary/aromatic N) is 3. The van der Waals surface area contributed by atoms with Gasteiger partial charge in [-0.15, -0.1) is 10.2 Å². The predicted molar refractivity (Wildman–Crippen MR) is 104 cm³/mol. The molecule has 150 valence electrons. The molecule has 3 heterocycles. The molecule has 1 fully saturated rings. The van der Waals surface area contributed by atoms with E-state index in [0.29, 0.717) is 29.6 Å². The normalized spacial score (nSPS) is 15.3. The number of benzene rings is 1. The molecule has 0 saturated carbocycles. The van der Waals surface area contributed by atoms with E-state index in [1.165, 1.54) is 0 Å². The van der Waals surface area contributed by atoms with Crippen LogP contribution in [0.25, 0.3) is 11.5 Å². The fourth-order valence-corrected chi connectivity index (χ4v) is 3.36. The van der Waals surface area contributed by atoms with Gasteiger partial charge in [0.2, 0.25) is 17.7 Å². The van der Waals surface area contributed by atoms with Crippen molar-refractivity contribution in [2.75, 3.05) is 25.0 Å². The van der Waals surface area contributed by atoms with Crippen molar-refractivity contribution in [2.24, 2.45) is 5.73 Å². The maximum absolute atomic E-state index is 12.3. The van der Waals surface area contributed by atoms with Crippen LogP contribution in [0.2, 0.25) is 0 Å². The van der Waals surface area contributed by atoms with Crippen molar-refractivity contribution in [3.05, 3.63) is 54.3 Å². The van der Waals surface area contributed by atoms with Gasteiger partial charge in [-0.25, -0.2) is 0 Å². The standard InChI is InChI=1S/C20H21N5O4/c21-18(27)13-1-3-16(4-2-13)22-17(26)11-25-8-5-14(6-9-25)19-23-24-20(29-19)15-7-10-28-12-15/h1-4,7,10,12,14H,5-6,8-9,11H2,(H2,21,27)(H,22,26). The fourth-order valence-electron chi connectivity index (χ4n) is 3.36. The molecule has 2 aromatic heterocycles. The Balaban J connectivity index is 1.26. The first-order valence-electron chi connectivity index (χ1n) is 9.36. The summed E-state index contributed by atoms with van der Waals surface area (Å²) < 4.78 is 10.8. The van der Waals surface area contributed by atoms with Crippen LogP contribution in [0.15, 0.2) is 51.7 Å². The number of furan rings is 1. The van der Waals surface area contributed by atoms with E-state index in [0.717, 1.165) is 31.5 Å². The highest BCUT2D eigenvalue weighted by atomic mass is 16.4. The Hall–Kier alpha value is -3.46. The van der Waals surface area contributed by atoms with E-state index in [4.69, 9.17) is 14.6 Å². The molecule has 9 nitrogen and oxygen atoms in total. The highest BCUT2D eigenvalue weighted by Crippen LogP contribution is 2.29. The van der Waals surface area contributed by atoms with Gasteiger partial charge in [-0.2, -0.15) is 0 Å². The molecular weight excluding hydrogens is 374 g/mol. The van der Waals surface area contributed by atoms with Crippen LogP contribution in [-0.4, -0.2) is 46.5 Å². The molecule has 1 aromatic carbocycles. The number of piperidine rings is 1. The van der Waals surface area contributed by atoms with Gasteiger partial charge in [0.1, 0.15) is 6.26 Å².